The third-order valence-corrected chi connectivity index (χ3v) is 5.78. The average Bonchev–Trinajstić information content (AvgIpc) is 2.97. The van der Waals surface area contributed by atoms with E-state index in [1.807, 2.05) is 0 Å². The van der Waals surface area contributed by atoms with Gasteiger partial charge >= 0.3 is 0 Å². The highest BCUT2D eigenvalue weighted by molar-refractivity contribution is 7.89. The number of hydrogen-bond donors (Lipinski definition) is 1. The van der Waals surface area contributed by atoms with Gasteiger partial charge in [0, 0.05) is 13.1 Å². The van der Waals surface area contributed by atoms with Crippen LogP contribution in [0.1, 0.15) is 31.7 Å². The predicted octanol–water partition coefficient (Wildman–Crippen LogP) is 1.65. The van der Waals surface area contributed by atoms with Gasteiger partial charge in [-0.15, -0.1) is 0 Å². The highest BCUT2D eigenvalue weighted by Gasteiger charge is 2.37. The van der Waals surface area contributed by atoms with Crippen LogP contribution in [0.4, 0.5) is 4.39 Å². The lowest BCUT2D eigenvalue weighted by Gasteiger charge is -2.23. The fourth-order valence-corrected chi connectivity index (χ4v) is 4.37. The number of carbonyl (C=O) groups is 1. The van der Waals surface area contributed by atoms with Gasteiger partial charge in [-0.1, -0.05) is 19.1 Å². The number of carbonyl (C=O) groups excluding carboxylic acids is 1. The largest absolute Gasteiger partial charge is 0.351 e. The molecule has 0 spiro atoms. The number of nitrogens with one attached hydrogen (secondary N) is 1. The minimum atomic E-state index is -3.37. The fourth-order valence-electron chi connectivity index (χ4n) is 2.62. The molecule has 1 aliphatic heterocycles. The van der Waals surface area contributed by atoms with Crippen molar-refractivity contribution in [1.29, 1.82) is 0 Å². The average molecular weight is 328 g/mol. The van der Waals surface area contributed by atoms with Crippen LogP contribution in [0.3, 0.4) is 0 Å². The number of sulfonamides is 1. The Morgan fingerprint density at radius 2 is 2.05 bits per heavy atom. The molecule has 1 saturated heterocycles. The van der Waals surface area contributed by atoms with Crippen LogP contribution in [0.5, 0.6) is 0 Å². The fraction of sp³-hybridized carbons (Fsp3) is 0.533. The van der Waals surface area contributed by atoms with Crippen molar-refractivity contribution in [2.24, 2.45) is 0 Å². The van der Waals surface area contributed by atoms with E-state index in [9.17, 15) is 17.6 Å². The van der Waals surface area contributed by atoms with Gasteiger partial charge in [0.15, 0.2) is 0 Å². The molecule has 0 saturated carbocycles. The quantitative estimate of drug-likeness (QED) is 0.863. The molecule has 2 rings (SSSR count). The van der Waals surface area contributed by atoms with Crippen molar-refractivity contribution in [3.05, 3.63) is 35.6 Å². The second kappa shape index (κ2) is 7.19. The second-order valence-corrected chi connectivity index (χ2v) is 7.47. The molecule has 1 atom stereocenters. The summed E-state index contributed by atoms with van der Waals surface area (Å²) in [5.74, 6) is -0.557. The summed E-state index contributed by atoms with van der Waals surface area (Å²) in [4.78, 5) is 12.3. The van der Waals surface area contributed by atoms with E-state index in [4.69, 9.17) is 0 Å². The Kier molecular flexibility index (Phi) is 5.52. The van der Waals surface area contributed by atoms with Crippen molar-refractivity contribution in [2.75, 3.05) is 12.3 Å². The van der Waals surface area contributed by atoms with Gasteiger partial charge < -0.3 is 5.32 Å². The van der Waals surface area contributed by atoms with E-state index in [0.29, 0.717) is 25.8 Å². The molecule has 0 bridgehead atoms. The van der Waals surface area contributed by atoms with Gasteiger partial charge in [-0.25, -0.2) is 12.8 Å². The summed E-state index contributed by atoms with van der Waals surface area (Å²) in [7, 11) is -3.37. The standard InChI is InChI=1S/C15H21FN2O3S/c1-2-10-22(20,21)18-9-3-4-14(18)15(19)17-11-12-5-7-13(16)8-6-12/h5-8,14H,2-4,9-11H2,1H3,(H,17,19)/t14-/m1/s1. The van der Waals surface area contributed by atoms with Crippen LogP contribution < -0.4 is 5.32 Å². The molecule has 122 valence electrons. The number of hydrogen-bond acceptors (Lipinski definition) is 3. The van der Waals surface area contributed by atoms with Gasteiger partial charge in [0.1, 0.15) is 11.9 Å². The zero-order valence-electron chi connectivity index (χ0n) is 12.6. The van der Waals surface area contributed by atoms with Gasteiger partial charge in [0.2, 0.25) is 15.9 Å². The van der Waals surface area contributed by atoms with E-state index >= 15 is 0 Å². The summed E-state index contributed by atoms with van der Waals surface area (Å²) in [6.07, 6.45) is 1.76. The molecule has 1 aromatic carbocycles. The van der Waals surface area contributed by atoms with Crippen LogP contribution >= 0.6 is 0 Å². The molecule has 1 fully saturated rings. The van der Waals surface area contributed by atoms with Crippen molar-refractivity contribution in [2.45, 2.75) is 38.8 Å². The lowest BCUT2D eigenvalue weighted by Crippen LogP contribution is -2.46. The Morgan fingerprint density at radius 3 is 2.68 bits per heavy atom. The molecule has 1 amide bonds. The topological polar surface area (TPSA) is 66.5 Å². The Labute approximate surface area is 130 Å². The molecule has 1 aliphatic rings. The van der Waals surface area contributed by atoms with Crippen LogP contribution in [0, 0.1) is 5.82 Å². The highest BCUT2D eigenvalue weighted by atomic mass is 32.2. The molecular formula is C15H21FN2O3S. The maximum Gasteiger partial charge on any atom is 0.238 e. The zero-order chi connectivity index (χ0) is 16.2. The third-order valence-electron chi connectivity index (χ3n) is 3.71. The Hall–Kier alpha value is -1.47. The normalized spacial score (nSPS) is 19.3. The number of halogens is 1. The van der Waals surface area contributed by atoms with Crippen LogP contribution in [0.25, 0.3) is 0 Å². The van der Waals surface area contributed by atoms with Gasteiger partial charge in [-0.2, -0.15) is 4.31 Å². The second-order valence-electron chi connectivity index (χ2n) is 5.43. The van der Waals surface area contributed by atoms with Crippen LogP contribution in [0.2, 0.25) is 0 Å². The number of benzene rings is 1. The van der Waals surface area contributed by atoms with E-state index in [-0.39, 0.29) is 24.0 Å². The summed E-state index contributed by atoms with van der Waals surface area (Å²) in [5, 5.41) is 2.74. The van der Waals surface area contributed by atoms with Crippen molar-refractivity contribution in [3.8, 4) is 0 Å². The molecule has 0 aromatic heterocycles. The molecule has 0 aliphatic carbocycles. The minimum absolute atomic E-state index is 0.0642. The molecular weight excluding hydrogens is 307 g/mol. The minimum Gasteiger partial charge on any atom is -0.351 e. The molecule has 5 nitrogen and oxygen atoms in total. The van der Waals surface area contributed by atoms with Gasteiger partial charge in [0.05, 0.1) is 5.75 Å². The van der Waals surface area contributed by atoms with Crippen molar-refractivity contribution in [1.82, 2.24) is 9.62 Å². The monoisotopic (exact) mass is 328 g/mol. The van der Waals surface area contributed by atoms with E-state index in [0.717, 1.165) is 5.56 Å². The lowest BCUT2D eigenvalue weighted by atomic mass is 10.2. The van der Waals surface area contributed by atoms with E-state index in [1.54, 1.807) is 19.1 Å². The smallest absolute Gasteiger partial charge is 0.238 e. The SMILES string of the molecule is CCCS(=O)(=O)N1CCC[C@@H]1C(=O)NCc1ccc(F)cc1. The van der Waals surface area contributed by atoms with E-state index < -0.39 is 16.1 Å². The first-order chi connectivity index (χ1) is 10.4. The summed E-state index contributed by atoms with van der Waals surface area (Å²) >= 11 is 0. The number of rotatable bonds is 6. The van der Waals surface area contributed by atoms with E-state index in [1.165, 1.54) is 16.4 Å². The number of nitrogens with zero attached hydrogens (tertiary/aromatic N) is 1. The molecule has 1 N–H and O–H groups in total. The maximum atomic E-state index is 12.8. The first kappa shape index (κ1) is 16.9. The van der Waals surface area contributed by atoms with Crippen molar-refractivity contribution < 1.29 is 17.6 Å². The van der Waals surface area contributed by atoms with Crippen LogP contribution in [0.15, 0.2) is 24.3 Å². The van der Waals surface area contributed by atoms with Gasteiger partial charge in [-0.05, 0) is 37.0 Å². The third kappa shape index (κ3) is 4.04. The lowest BCUT2D eigenvalue weighted by molar-refractivity contribution is -0.124. The number of amides is 1. The molecule has 0 unspecified atom stereocenters. The Morgan fingerprint density at radius 1 is 1.36 bits per heavy atom. The molecule has 7 heteroatoms. The van der Waals surface area contributed by atoms with E-state index in [2.05, 4.69) is 5.32 Å². The summed E-state index contributed by atoms with van der Waals surface area (Å²) in [5.41, 5.74) is 0.774. The van der Waals surface area contributed by atoms with Crippen LogP contribution in [-0.2, 0) is 21.4 Å². The summed E-state index contributed by atoms with van der Waals surface area (Å²) < 4.78 is 38.5. The molecule has 0 radical (unpaired) electrons. The Balaban J connectivity index is 1.97. The summed E-state index contributed by atoms with van der Waals surface area (Å²) in [6.45, 7) is 2.46. The first-order valence-electron chi connectivity index (χ1n) is 7.45. The maximum absolute atomic E-state index is 12.8. The Bertz CT molecular complexity index is 616. The van der Waals surface area contributed by atoms with Crippen molar-refractivity contribution in [3.63, 3.8) is 0 Å². The van der Waals surface area contributed by atoms with Gasteiger partial charge in [-0.3, -0.25) is 4.79 Å². The highest BCUT2D eigenvalue weighted by Crippen LogP contribution is 2.22. The zero-order valence-corrected chi connectivity index (χ0v) is 13.4. The summed E-state index contributed by atoms with van der Waals surface area (Å²) in [6, 6.07) is 5.22. The van der Waals surface area contributed by atoms with Gasteiger partial charge in [0.25, 0.3) is 0 Å². The first-order valence-corrected chi connectivity index (χ1v) is 9.06. The molecule has 1 heterocycles. The predicted molar refractivity (Wildman–Crippen MR) is 82.1 cm³/mol. The molecule has 22 heavy (non-hydrogen) atoms. The van der Waals surface area contributed by atoms with Crippen LogP contribution in [-0.4, -0.2) is 37.0 Å². The van der Waals surface area contributed by atoms with Crippen molar-refractivity contribution >= 4 is 15.9 Å². The molecule has 1 aromatic rings.